The van der Waals surface area contributed by atoms with E-state index in [0.29, 0.717) is 29.4 Å². The van der Waals surface area contributed by atoms with Gasteiger partial charge in [0.05, 0.1) is 22.3 Å². The summed E-state index contributed by atoms with van der Waals surface area (Å²) in [6, 6.07) is 0. The first-order chi connectivity index (χ1) is 8.01. The van der Waals surface area contributed by atoms with Crippen molar-refractivity contribution in [2.45, 2.75) is 29.8 Å². The molecule has 0 spiro atoms. The van der Waals surface area contributed by atoms with Crippen molar-refractivity contribution >= 4 is 29.3 Å². The van der Waals surface area contributed by atoms with E-state index in [4.69, 9.17) is 16.7 Å². The molecule has 2 bridgehead atoms. The molecule has 0 radical (unpaired) electrons. The Morgan fingerprint density at radius 1 is 1.53 bits per heavy atom. The normalized spacial score (nSPS) is 33.8. The monoisotopic (exact) mass is 270 g/mol. The largest absolute Gasteiger partial charge is 0.481 e. The molecule has 0 unspecified atom stereocenters. The minimum atomic E-state index is -0.686. The van der Waals surface area contributed by atoms with Gasteiger partial charge in [-0.25, -0.2) is 9.97 Å². The van der Waals surface area contributed by atoms with Crippen molar-refractivity contribution in [1.82, 2.24) is 9.97 Å². The van der Waals surface area contributed by atoms with E-state index in [9.17, 15) is 4.79 Å². The maximum atomic E-state index is 11.1. The second-order valence-corrected chi connectivity index (χ2v) is 6.13. The molecule has 3 aliphatic rings. The number of hydrogen-bond donors (Lipinski definition) is 1. The molecule has 3 fully saturated rings. The number of hydrogen-bond acceptors (Lipinski definition) is 4. The number of aromatic nitrogens is 2. The van der Waals surface area contributed by atoms with Crippen LogP contribution in [0.5, 0.6) is 0 Å². The maximum absolute atomic E-state index is 11.1. The topological polar surface area (TPSA) is 63.1 Å². The number of aliphatic carboxylic acids is 1. The van der Waals surface area contributed by atoms with Crippen molar-refractivity contribution in [3.05, 3.63) is 16.9 Å². The summed E-state index contributed by atoms with van der Waals surface area (Å²) in [5.41, 5.74) is 0.248. The molecule has 0 amide bonds. The Morgan fingerprint density at radius 3 is 2.71 bits per heavy atom. The lowest BCUT2D eigenvalue weighted by Crippen LogP contribution is -2.68. The fraction of sp³-hybridized carbons (Fsp3) is 0.545. The first kappa shape index (κ1) is 11.3. The summed E-state index contributed by atoms with van der Waals surface area (Å²) in [4.78, 5) is 19.6. The van der Waals surface area contributed by atoms with E-state index in [2.05, 4.69) is 9.97 Å². The minimum Gasteiger partial charge on any atom is -0.481 e. The zero-order valence-electron chi connectivity index (χ0n) is 9.23. The van der Waals surface area contributed by atoms with E-state index in [-0.39, 0.29) is 5.41 Å². The molecule has 1 N–H and O–H groups in total. The van der Waals surface area contributed by atoms with E-state index in [1.54, 1.807) is 6.20 Å². The third-order valence-electron chi connectivity index (χ3n) is 3.89. The van der Waals surface area contributed by atoms with Gasteiger partial charge < -0.3 is 5.11 Å². The lowest BCUT2D eigenvalue weighted by molar-refractivity contribution is -0.195. The van der Waals surface area contributed by atoms with Crippen molar-refractivity contribution in [2.24, 2.45) is 5.41 Å². The standard InChI is InChI=1S/C11H11ClN2O2S/c1-17-9-13-2-6(12)7(14-9)10-3-11(4-10,5-10)8(15)16/h2H,3-5H2,1H3,(H,15,16). The number of nitrogens with zero attached hydrogens (tertiary/aromatic N) is 2. The van der Waals surface area contributed by atoms with Gasteiger partial charge in [0.15, 0.2) is 5.16 Å². The highest BCUT2D eigenvalue weighted by molar-refractivity contribution is 7.98. The van der Waals surface area contributed by atoms with Crippen LogP contribution >= 0.6 is 23.4 Å². The van der Waals surface area contributed by atoms with E-state index in [1.165, 1.54) is 11.8 Å². The molecule has 0 aromatic carbocycles. The summed E-state index contributed by atoms with van der Waals surface area (Å²) >= 11 is 7.59. The highest BCUT2D eigenvalue weighted by Gasteiger charge is 2.73. The molecule has 1 aromatic rings. The highest BCUT2D eigenvalue weighted by Crippen LogP contribution is 2.73. The molecule has 17 heavy (non-hydrogen) atoms. The Labute approximate surface area is 108 Å². The lowest BCUT2D eigenvalue weighted by Gasteiger charge is -2.67. The molecule has 3 aliphatic carbocycles. The van der Waals surface area contributed by atoms with Gasteiger partial charge in [0.1, 0.15) is 0 Å². The van der Waals surface area contributed by atoms with E-state index in [0.717, 1.165) is 5.69 Å². The zero-order valence-corrected chi connectivity index (χ0v) is 10.8. The average molecular weight is 271 g/mol. The first-order valence-electron chi connectivity index (χ1n) is 5.32. The molecule has 90 valence electrons. The van der Waals surface area contributed by atoms with Crippen molar-refractivity contribution in [1.29, 1.82) is 0 Å². The van der Waals surface area contributed by atoms with Crippen molar-refractivity contribution in [2.75, 3.05) is 6.26 Å². The molecule has 3 saturated carbocycles. The number of halogens is 1. The quantitative estimate of drug-likeness (QED) is 0.675. The van der Waals surface area contributed by atoms with Crippen LogP contribution in [0.15, 0.2) is 11.4 Å². The van der Waals surface area contributed by atoms with Crippen molar-refractivity contribution in [3.8, 4) is 0 Å². The zero-order chi connectivity index (χ0) is 12.3. The van der Waals surface area contributed by atoms with Gasteiger partial charge >= 0.3 is 5.97 Å². The predicted molar refractivity (Wildman–Crippen MR) is 64.4 cm³/mol. The van der Waals surface area contributed by atoms with E-state index < -0.39 is 11.4 Å². The smallest absolute Gasteiger partial charge is 0.309 e. The summed E-state index contributed by atoms with van der Waals surface area (Å²) in [6.07, 6.45) is 5.52. The number of thioether (sulfide) groups is 1. The number of carboxylic acids is 1. The second kappa shape index (κ2) is 3.36. The van der Waals surface area contributed by atoms with Crippen LogP contribution in [0.4, 0.5) is 0 Å². The van der Waals surface area contributed by atoms with Crippen molar-refractivity contribution < 1.29 is 9.90 Å². The Hall–Kier alpha value is -0.810. The van der Waals surface area contributed by atoms with Crippen molar-refractivity contribution in [3.63, 3.8) is 0 Å². The van der Waals surface area contributed by atoms with Gasteiger partial charge in [-0.1, -0.05) is 23.4 Å². The Morgan fingerprint density at radius 2 is 2.18 bits per heavy atom. The van der Waals surface area contributed by atoms with Gasteiger partial charge in [-0.2, -0.15) is 0 Å². The van der Waals surface area contributed by atoms with Gasteiger partial charge in [0.25, 0.3) is 0 Å². The summed E-state index contributed by atoms with van der Waals surface area (Å²) in [6.45, 7) is 0. The molecule has 0 saturated heterocycles. The number of carbonyl (C=O) groups is 1. The SMILES string of the molecule is CSc1ncc(Cl)c(C23CC(C(=O)O)(C2)C3)n1. The van der Waals surface area contributed by atoms with E-state index >= 15 is 0 Å². The summed E-state index contributed by atoms with van der Waals surface area (Å²) in [7, 11) is 0. The fourth-order valence-corrected chi connectivity index (χ4v) is 3.72. The highest BCUT2D eigenvalue weighted by atomic mass is 35.5. The minimum absolute atomic E-state index is 0.0944. The number of rotatable bonds is 3. The Bertz CT molecular complexity index is 500. The third kappa shape index (κ3) is 1.35. The maximum Gasteiger partial charge on any atom is 0.309 e. The summed E-state index contributed by atoms with van der Waals surface area (Å²) in [5.74, 6) is -0.686. The molecule has 6 heteroatoms. The van der Waals surface area contributed by atoms with Crippen LogP contribution in [0.3, 0.4) is 0 Å². The third-order valence-corrected chi connectivity index (χ3v) is 4.73. The van der Waals surface area contributed by atoms with Gasteiger partial charge in [0.2, 0.25) is 0 Å². The molecule has 0 aliphatic heterocycles. The molecule has 1 aromatic heterocycles. The fourth-order valence-electron chi connectivity index (χ4n) is 3.09. The summed E-state index contributed by atoms with van der Waals surface area (Å²) < 4.78 is 0. The second-order valence-electron chi connectivity index (χ2n) is 4.95. The molecular formula is C11H11ClN2O2S. The van der Waals surface area contributed by atoms with Crippen LogP contribution in [0.2, 0.25) is 5.02 Å². The van der Waals surface area contributed by atoms with Crippen LogP contribution in [0.1, 0.15) is 25.0 Å². The van der Waals surface area contributed by atoms with Gasteiger partial charge in [0, 0.05) is 5.41 Å². The number of carboxylic acid groups (broad SMARTS) is 1. The Balaban J connectivity index is 1.91. The van der Waals surface area contributed by atoms with Gasteiger partial charge in [-0.05, 0) is 25.5 Å². The molecule has 4 rings (SSSR count). The van der Waals surface area contributed by atoms with Crippen LogP contribution in [0, 0.1) is 5.41 Å². The molecule has 1 heterocycles. The summed E-state index contributed by atoms with van der Waals surface area (Å²) in [5, 5.41) is 10.3. The van der Waals surface area contributed by atoms with Gasteiger partial charge in [-0.15, -0.1) is 0 Å². The van der Waals surface area contributed by atoms with Gasteiger partial charge in [-0.3, -0.25) is 4.79 Å². The molecule has 4 nitrogen and oxygen atoms in total. The predicted octanol–water partition coefficient (Wildman–Crippen LogP) is 2.36. The van der Waals surface area contributed by atoms with Crippen LogP contribution in [-0.4, -0.2) is 27.3 Å². The van der Waals surface area contributed by atoms with Crippen LogP contribution in [-0.2, 0) is 10.2 Å². The van der Waals surface area contributed by atoms with Crippen LogP contribution < -0.4 is 0 Å². The van der Waals surface area contributed by atoms with Crippen LogP contribution in [0.25, 0.3) is 0 Å². The van der Waals surface area contributed by atoms with E-state index in [1.807, 2.05) is 6.26 Å². The molecule has 0 atom stereocenters. The lowest BCUT2D eigenvalue weighted by atomic mass is 9.34. The first-order valence-corrected chi connectivity index (χ1v) is 6.92. The Kier molecular flexibility index (Phi) is 2.23. The average Bonchev–Trinajstić information content (AvgIpc) is 2.16. The molecular weight excluding hydrogens is 260 g/mol.